The zero-order valence-electron chi connectivity index (χ0n) is 13.8. The number of allylic oxidation sites excluding steroid dienone is 2. The molecule has 1 aliphatic heterocycles. The summed E-state index contributed by atoms with van der Waals surface area (Å²) in [6, 6.07) is 0. The summed E-state index contributed by atoms with van der Waals surface area (Å²) in [6.07, 6.45) is 9.88. The van der Waals surface area contributed by atoms with Crippen molar-refractivity contribution in [3.63, 3.8) is 0 Å². The highest BCUT2D eigenvalue weighted by molar-refractivity contribution is 5.13. The van der Waals surface area contributed by atoms with Gasteiger partial charge in [-0.05, 0) is 38.0 Å². The second kappa shape index (κ2) is 7.09. The molecule has 0 aromatic carbocycles. The smallest absolute Gasteiger partial charge is 0.157 e. The SMILES string of the molecule is CCCCCCC1OCC2(CO1)[C@@H](C)C=C(C)C[C@@H]2C. The minimum Gasteiger partial charge on any atom is -0.352 e. The fourth-order valence-corrected chi connectivity index (χ4v) is 3.83. The lowest BCUT2D eigenvalue weighted by atomic mass is 9.63. The summed E-state index contributed by atoms with van der Waals surface area (Å²) in [4.78, 5) is 0. The Labute approximate surface area is 124 Å². The van der Waals surface area contributed by atoms with Crippen molar-refractivity contribution in [2.75, 3.05) is 13.2 Å². The normalized spacial score (nSPS) is 38.0. The molecule has 0 saturated carbocycles. The van der Waals surface area contributed by atoms with Crippen LogP contribution in [-0.2, 0) is 9.47 Å². The molecule has 2 atom stereocenters. The predicted octanol–water partition coefficient (Wildman–Crippen LogP) is 4.94. The van der Waals surface area contributed by atoms with E-state index in [1.807, 2.05) is 0 Å². The molecule has 2 heteroatoms. The van der Waals surface area contributed by atoms with Crippen LogP contribution in [0.1, 0.15) is 66.2 Å². The Hall–Kier alpha value is -0.340. The fourth-order valence-electron chi connectivity index (χ4n) is 3.83. The average molecular weight is 280 g/mol. The highest BCUT2D eigenvalue weighted by Gasteiger charge is 2.46. The Bertz CT molecular complexity index is 326. The second-order valence-corrected chi connectivity index (χ2v) is 7.04. The lowest BCUT2D eigenvalue weighted by Gasteiger charge is -2.49. The van der Waals surface area contributed by atoms with E-state index >= 15 is 0 Å². The van der Waals surface area contributed by atoms with E-state index < -0.39 is 0 Å². The van der Waals surface area contributed by atoms with Gasteiger partial charge in [0.05, 0.1) is 13.2 Å². The maximum Gasteiger partial charge on any atom is 0.157 e. The van der Waals surface area contributed by atoms with Crippen LogP contribution >= 0.6 is 0 Å². The van der Waals surface area contributed by atoms with E-state index in [4.69, 9.17) is 9.47 Å². The van der Waals surface area contributed by atoms with E-state index in [9.17, 15) is 0 Å². The van der Waals surface area contributed by atoms with E-state index in [1.54, 1.807) is 0 Å². The molecule has 0 radical (unpaired) electrons. The van der Waals surface area contributed by atoms with Crippen LogP contribution in [0.25, 0.3) is 0 Å². The number of rotatable bonds is 5. The van der Waals surface area contributed by atoms with Gasteiger partial charge in [0.2, 0.25) is 0 Å². The zero-order valence-corrected chi connectivity index (χ0v) is 13.8. The van der Waals surface area contributed by atoms with Gasteiger partial charge in [0.15, 0.2) is 6.29 Å². The van der Waals surface area contributed by atoms with Crippen molar-refractivity contribution in [2.45, 2.75) is 72.5 Å². The molecule has 1 saturated heterocycles. The second-order valence-electron chi connectivity index (χ2n) is 7.04. The summed E-state index contributed by atoms with van der Waals surface area (Å²) in [5, 5.41) is 0. The minimum atomic E-state index is 0.0453. The molecule has 0 unspecified atom stereocenters. The van der Waals surface area contributed by atoms with E-state index in [0.717, 1.165) is 19.6 Å². The van der Waals surface area contributed by atoms with E-state index in [1.165, 1.54) is 37.7 Å². The molecule has 1 fully saturated rings. The third-order valence-corrected chi connectivity index (χ3v) is 5.42. The van der Waals surface area contributed by atoms with Crippen molar-refractivity contribution >= 4 is 0 Å². The van der Waals surface area contributed by atoms with Gasteiger partial charge >= 0.3 is 0 Å². The Kier molecular flexibility index (Phi) is 5.68. The molecule has 2 aliphatic rings. The van der Waals surface area contributed by atoms with Gasteiger partial charge in [-0.1, -0.05) is 51.7 Å². The molecule has 2 rings (SSSR count). The number of unbranched alkanes of at least 4 members (excludes halogenated alkanes) is 3. The van der Waals surface area contributed by atoms with Crippen LogP contribution in [0, 0.1) is 17.3 Å². The molecule has 2 nitrogen and oxygen atoms in total. The van der Waals surface area contributed by atoms with Crippen molar-refractivity contribution in [3.8, 4) is 0 Å². The molecule has 1 aliphatic carbocycles. The standard InChI is InChI=1S/C18H32O2/c1-5-6-7-8-9-17-19-12-18(13-20-17)15(3)10-14(2)11-16(18)4/h10,15-17H,5-9,11-13H2,1-4H3/t15-,16-,17?,18?/m0/s1. The van der Waals surface area contributed by atoms with Crippen LogP contribution in [0.4, 0.5) is 0 Å². The van der Waals surface area contributed by atoms with Crippen molar-refractivity contribution < 1.29 is 9.47 Å². The van der Waals surface area contributed by atoms with E-state index in [-0.39, 0.29) is 11.7 Å². The maximum atomic E-state index is 6.08. The molecule has 1 spiro atoms. The van der Waals surface area contributed by atoms with Gasteiger partial charge < -0.3 is 9.47 Å². The van der Waals surface area contributed by atoms with Crippen LogP contribution in [0.2, 0.25) is 0 Å². The average Bonchev–Trinajstić information content (AvgIpc) is 2.42. The summed E-state index contributed by atoms with van der Waals surface area (Å²) in [5.41, 5.74) is 1.73. The van der Waals surface area contributed by atoms with Crippen LogP contribution in [-0.4, -0.2) is 19.5 Å². The summed E-state index contributed by atoms with van der Waals surface area (Å²) in [5.74, 6) is 1.22. The van der Waals surface area contributed by atoms with Crippen LogP contribution in [0.15, 0.2) is 11.6 Å². The highest BCUT2D eigenvalue weighted by atomic mass is 16.7. The highest BCUT2D eigenvalue weighted by Crippen LogP contribution is 2.47. The maximum absolute atomic E-state index is 6.08. The first kappa shape index (κ1) is 16.0. The Morgan fingerprint density at radius 2 is 1.85 bits per heavy atom. The molecular formula is C18H32O2. The molecular weight excluding hydrogens is 248 g/mol. The van der Waals surface area contributed by atoms with Gasteiger partial charge in [0.1, 0.15) is 0 Å². The number of hydrogen-bond acceptors (Lipinski definition) is 2. The Morgan fingerprint density at radius 1 is 1.15 bits per heavy atom. The summed E-state index contributed by atoms with van der Waals surface area (Å²) < 4.78 is 12.2. The molecule has 0 aromatic rings. The quantitative estimate of drug-likeness (QED) is 0.524. The lowest BCUT2D eigenvalue weighted by Crippen LogP contribution is -2.50. The first-order valence-electron chi connectivity index (χ1n) is 8.49. The van der Waals surface area contributed by atoms with Gasteiger partial charge in [0, 0.05) is 5.41 Å². The van der Waals surface area contributed by atoms with Crippen LogP contribution < -0.4 is 0 Å². The molecule has 0 aromatic heterocycles. The third-order valence-electron chi connectivity index (χ3n) is 5.42. The monoisotopic (exact) mass is 280 g/mol. The summed E-state index contributed by atoms with van der Waals surface area (Å²) in [6.45, 7) is 10.9. The Morgan fingerprint density at radius 3 is 2.45 bits per heavy atom. The van der Waals surface area contributed by atoms with Gasteiger partial charge in [-0.25, -0.2) is 0 Å². The van der Waals surface area contributed by atoms with Gasteiger partial charge in [-0.15, -0.1) is 0 Å². The molecule has 0 amide bonds. The van der Waals surface area contributed by atoms with Gasteiger partial charge in [-0.3, -0.25) is 0 Å². The molecule has 0 N–H and O–H groups in total. The largest absolute Gasteiger partial charge is 0.352 e. The van der Waals surface area contributed by atoms with E-state index in [0.29, 0.717) is 11.8 Å². The van der Waals surface area contributed by atoms with Gasteiger partial charge in [-0.2, -0.15) is 0 Å². The fraction of sp³-hybridized carbons (Fsp3) is 0.889. The van der Waals surface area contributed by atoms with Gasteiger partial charge in [0.25, 0.3) is 0 Å². The first-order chi connectivity index (χ1) is 9.58. The van der Waals surface area contributed by atoms with Crippen LogP contribution in [0.5, 0.6) is 0 Å². The predicted molar refractivity (Wildman–Crippen MR) is 83.6 cm³/mol. The summed E-state index contributed by atoms with van der Waals surface area (Å²) in [7, 11) is 0. The van der Waals surface area contributed by atoms with Crippen LogP contribution in [0.3, 0.4) is 0 Å². The first-order valence-corrected chi connectivity index (χ1v) is 8.49. The third kappa shape index (κ3) is 3.46. The van der Waals surface area contributed by atoms with Crippen molar-refractivity contribution in [3.05, 3.63) is 11.6 Å². The number of ether oxygens (including phenoxy) is 2. The van der Waals surface area contributed by atoms with Crippen molar-refractivity contribution in [2.24, 2.45) is 17.3 Å². The lowest BCUT2D eigenvalue weighted by molar-refractivity contribution is -0.252. The Balaban J connectivity index is 1.84. The molecule has 1 heterocycles. The van der Waals surface area contributed by atoms with E-state index in [2.05, 4.69) is 33.8 Å². The summed E-state index contributed by atoms with van der Waals surface area (Å²) >= 11 is 0. The number of hydrogen-bond donors (Lipinski definition) is 0. The van der Waals surface area contributed by atoms with Crippen molar-refractivity contribution in [1.82, 2.24) is 0 Å². The zero-order chi connectivity index (χ0) is 14.6. The molecule has 0 bridgehead atoms. The molecule has 116 valence electrons. The van der Waals surface area contributed by atoms with Crippen molar-refractivity contribution in [1.29, 1.82) is 0 Å². The molecule has 20 heavy (non-hydrogen) atoms. The minimum absolute atomic E-state index is 0.0453. The topological polar surface area (TPSA) is 18.5 Å².